The Hall–Kier alpha value is -1.38. The van der Waals surface area contributed by atoms with Crippen molar-refractivity contribution in [2.75, 3.05) is 28.2 Å². The van der Waals surface area contributed by atoms with E-state index in [0.29, 0.717) is 0 Å². The van der Waals surface area contributed by atoms with E-state index in [1.54, 1.807) is 0 Å². The Morgan fingerprint density at radius 1 is 1.27 bits per heavy atom. The summed E-state index contributed by atoms with van der Waals surface area (Å²) in [6.45, 7) is 4.10. The van der Waals surface area contributed by atoms with Crippen molar-refractivity contribution in [3.63, 3.8) is 0 Å². The van der Waals surface area contributed by atoms with Crippen LogP contribution in [0.4, 0.5) is 0 Å². The Balaban J connectivity index is 2.45. The van der Waals surface area contributed by atoms with Crippen LogP contribution in [0.15, 0.2) is 35.6 Å². The molecule has 3 nitrogen and oxygen atoms in total. The normalized spacial score (nSPS) is 20.8. The van der Waals surface area contributed by atoms with Crippen molar-refractivity contribution >= 4 is 0 Å². The molecule has 0 fully saturated rings. The zero-order chi connectivity index (χ0) is 11.2. The summed E-state index contributed by atoms with van der Waals surface area (Å²) in [5.74, 6) is 1.06. The monoisotopic (exact) mass is 205 g/mol. The van der Waals surface area contributed by atoms with Crippen molar-refractivity contribution in [3.8, 4) is 0 Å². The number of hydrogen-bond acceptors (Lipinski definition) is 3. The Morgan fingerprint density at radius 2 is 1.93 bits per heavy atom. The summed E-state index contributed by atoms with van der Waals surface area (Å²) in [6, 6.07) is 0. The molecule has 0 unspecified atom stereocenters. The highest BCUT2D eigenvalue weighted by atomic mass is 15.4. The van der Waals surface area contributed by atoms with E-state index in [1.165, 1.54) is 17.1 Å². The van der Waals surface area contributed by atoms with E-state index in [1.807, 2.05) is 0 Å². The zero-order valence-electron chi connectivity index (χ0n) is 10.0. The molecule has 0 radical (unpaired) electrons. The third-order valence-corrected chi connectivity index (χ3v) is 3.23. The lowest BCUT2D eigenvalue weighted by molar-refractivity contribution is 0.411. The maximum Gasteiger partial charge on any atom is 0.105 e. The SMILES string of the molecule is C=C1N(C)C2=C(C(N(C)C)=CCC2)N1C. The van der Waals surface area contributed by atoms with Crippen LogP contribution in [0.3, 0.4) is 0 Å². The Morgan fingerprint density at radius 3 is 2.53 bits per heavy atom. The van der Waals surface area contributed by atoms with Crippen LogP contribution >= 0.6 is 0 Å². The quantitative estimate of drug-likeness (QED) is 0.646. The van der Waals surface area contributed by atoms with Crippen molar-refractivity contribution in [3.05, 3.63) is 35.6 Å². The molecule has 2 aliphatic rings. The largest absolute Gasteiger partial charge is 0.376 e. The molecule has 1 heterocycles. The van der Waals surface area contributed by atoms with Gasteiger partial charge in [0.05, 0.1) is 11.4 Å². The highest BCUT2D eigenvalue weighted by Gasteiger charge is 2.32. The number of rotatable bonds is 1. The molecule has 1 aliphatic carbocycles. The number of allylic oxidation sites excluding steroid dienone is 2. The van der Waals surface area contributed by atoms with E-state index in [0.717, 1.165) is 18.7 Å². The molecular weight excluding hydrogens is 186 g/mol. The third-order valence-electron chi connectivity index (χ3n) is 3.23. The van der Waals surface area contributed by atoms with Crippen molar-refractivity contribution in [2.24, 2.45) is 0 Å². The van der Waals surface area contributed by atoms with Gasteiger partial charge >= 0.3 is 0 Å². The average molecular weight is 205 g/mol. The topological polar surface area (TPSA) is 9.72 Å². The van der Waals surface area contributed by atoms with Crippen LogP contribution < -0.4 is 0 Å². The van der Waals surface area contributed by atoms with Gasteiger partial charge in [-0.15, -0.1) is 0 Å². The molecule has 0 spiro atoms. The van der Waals surface area contributed by atoms with Gasteiger partial charge in [0.15, 0.2) is 0 Å². The minimum atomic E-state index is 1.06. The molecule has 15 heavy (non-hydrogen) atoms. The lowest BCUT2D eigenvalue weighted by atomic mass is 10.0. The maximum atomic E-state index is 4.10. The molecule has 0 N–H and O–H groups in total. The Kier molecular flexibility index (Phi) is 2.25. The first kappa shape index (κ1) is 10.1. The van der Waals surface area contributed by atoms with Crippen LogP contribution in [0.5, 0.6) is 0 Å². The Bertz CT molecular complexity index is 363. The van der Waals surface area contributed by atoms with Gasteiger partial charge in [0.25, 0.3) is 0 Å². The summed E-state index contributed by atoms with van der Waals surface area (Å²) in [5.41, 5.74) is 4.02. The van der Waals surface area contributed by atoms with Crippen molar-refractivity contribution in [1.29, 1.82) is 0 Å². The molecule has 0 amide bonds. The fraction of sp³-hybridized carbons (Fsp3) is 0.500. The van der Waals surface area contributed by atoms with E-state index in [4.69, 9.17) is 0 Å². The molecule has 3 heteroatoms. The van der Waals surface area contributed by atoms with Gasteiger partial charge in [-0.2, -0.15) is 0 Å². The van der Waals surface area contributed by atoms with Gasteiger partial charge in [-0.05, 0) is 12.8 Å². The molecule has 82 valence electrons. The first-order valence-electron chi connectivity index (χ1n) is 5.31. The van der Waals surface area contributed by atoms with Crippen LogP contribution in [0.2, 0.25) is 0 Å². The van der Waals surface area contributed by atoms with Gasteiger partial charge in [0, 0.05) is 33.9 Å². The van der Waals surface area contributed by atoms with Gasteiger partial charge in [-0.25, -0.2) is 0 Å². The molecule has 0 bridgehead atoms. The van der Waals surface area contributed by atoms with Gasteiger partial charge in [-0.3, -0.25) is 0 Å². The Labute approximate surface area is 92.0 Å². The van der Waals surface area contributed by atoms with Crippen molar-refractivity contribution in [1.82, 2.24) is 14.7 Å². The van der Waals surface area contributed by atoms with Crippen LogP contribution in [-0.2, 0) is 0 Å². The standard InChI is InChI=1S/C12H19N3/c1-9-14(4)11-8-6-7-10(13(2)3)12(11)15(9)5/h7H,1,6,8H2,2-5H3. The molecule has 0 aromatic heterocycles. The fourth-order valence-electron chi connectivity index (χ4n) is 2.30. The zero-order valence-corrected chi connectivity index (χ0v) is 10.0. The van der Waals surface area contributed by atoms with Gasteiger partial charge in [-0.1, -0.05) is 12.7 Å². The lowest BCUT2D eigenvalue weighted by Crippen LogP contribution is -2.22. The number of nitrogens with zero attached hydrogens (tertiary/aromatic N) is 3. The molecule has 0 saturated carbocycles. The van der Waals surface area contributed by atoms with Crippen LogP contribution in [0.25, 0.3) is 0 Å². The minimum absolute atomic E-state index is 1.06. The van der Waals surface area contributed by atoms with E-state index >= 15 is 0 Å². The summed E-state index contributed by atoms with van der Waals surface area (Å²) in [6.07, 6.45) is 4.55. The first-order valence-corrected chi connectivity index (χ1v) is 5.31. The van der Waals surface area contributed by atoms with Crippen molar-refractivity contribution < 1.29 is 0 Å². The molecule has 0 atom stereocenters. The lowest BCUT2D eigenvalue weighted by Gasteiger charge is -2.26. The van der Waals surface area contributed by atoms with E-state index in [2.05, 4.69) is 55.5 Å². The summed E-state index contributed by atoms with van der Waals surface area (Å²) >= 11 is 0. The van der Waals surface area contributed by atoms with Crippen LogP contribution in [0, 0.1) is 0 Å². The fourth-order valence-corrected chi connectivity index (χ4v) is 2.30. The second kappa shape index (κ2) is 3.33. The molecule has 0 saturated heterocycles. The summed E-state index contributed by atoms with van der Waals surface area (Å²) in [4.78, 5) is 6.56. The summed E-state index contributed by atoms with van der Waals surface area (Å²) < 4.78 is 0. The van der Waals surface area contributed by atoms with Crippen LogP contribution in [-0.4, -0.2) is 42.9 Å². The molecule has 1 aliphatic heterocycles. The average Bonchev–Trinajstić information content (AvgIpc) is 2.44. The number of likely N-dealkylation sites (N-methyl/N-ethyl adjacent to an activating group) is 2. The van der Waals surface area contributed by atoms with E-state index < -0.39 is 0 Å². The van der Waals surface area contributed by atoms with E-state index in [9.17, 15) is 0 Å². The molecular formula is C12H19N3. The second-order valence-electron chi connectivity index (χ2n) is 4.35. The van der Waals surface area contributed by atoms with E-state index in [-0.39, 0.29) is 0 Å². The molecule has 2 rings (SSSR count). The predicted molar refractivity (Wildman–Crippen MR) is 62.7 cm³/mol. The molecule has 0 aromatic rings. The number of hydrogen-bond donors (Lipinski definition) is 0. The molecule has 0 aromatic carbocycles. The van der Waals surface area contributed by atoms with Gasteiger partial charge < -0.3 is 14.7 Å². The first-order chi connectivity index (χ1) is 7.04. The van der Waals surface area contributed by atoms with Gasteiger partial charge in [0.2, 0.25) is 0 Å². The van der Waals surface area contributed by atoms with Crippen LogP contribution in [0.1, 0.15) is 12.8 Å². The highest BCUT2D eigenvalue weighted by molar-refractivity contribution is 5.42. The smallest absolute Gasteiger partial charge is 0.105 e. The van der Waals surface area contributed by atoms with Gasteiger partial charge in [0.1, 0.15) is 5.82 Å². The maximum absolute atomic E-state index is 4.10. The summed E-state index contributed by atoms with van der Waals surface area (Å²) in [7, 11) is 8.37. The second-order valence-corrected chi connectivity index (χ2v) is 4.35. The van der Waals surface area contributed by atoms with Crippen molar-refractivity contribution in [2.45, 2.75) is 12.8 Å². The predicted octanol–water partition coefficient (Wildman–Crippen LogP) is 1.79. The third kappa shape index (κ3) is 1.34. The summed E-state index contributed by atoms with van der Waals surface area (Å²) in [5, 5.41) is 0. The minimum Gasteiger partial charge on any atom is -0.376 e. The highest BCUT2D eigenvalue weighted by Crippen LogP contribution is 2.38.